The predicted molar refractivity (Wildman–Crippen MR) is 105 cm³/mol. The van der Waals surface area contributed by atoms with Crippen LogP contribution in [0.1, 0.15) is 25.7 Å². The molecule has 6 nitrogen and oxygen atoms in total. The Balaban J connectivity index is 1.28. The standard InChI is InChI=1S/C19H17Cl2FN2O4S/c20-12-1-4-17(23-7-12)29(26,27)24-19-9-18(10-19,11-19)6-13(25)8-28-14-2-3-15(21)16(22)5-14/h1-5,7,24H,6,8-11H2. The molecule has 3 saturated carbocycles. The summed E-state index contributed by atoms with van der Waals surface area (Å²) < 4.78 is 46.4. The summed E-state index contributed by atoms with van der Waals surface area (Å²) in [6, 6.07) is 6.81. The highest BCUT2D eigenvalue weighted by molar-refractivity contribution is 7.89. The Morgan fingerprint density at radius 3 is 2.55 bits per heavy atom. The molecule has 0 saturated heterocycles. The van der Waals surface area contributed by atoms with E-state index in [-0.39, 0.29) is 33.6 Å². The second kappa shape index (κ2) is 7.19. The number of hydrogen-bond acceptors (Lipinski definition) is 5. The van der Waals surface area contributed by atoms with Crippen LogP contribution in [-0.4, -0.2) is 31.3 Å². The lowest BCUT2D eigenvalue weighted by atomic mass is 9.38. The lowest BCUT2D eigenvalue weighted by molar-refractivity contribution is -0.159. The summed E-state index contributed by atoms with van der Waals surface area (Å²) in [6.07, 6.45) is 3.35. The van der Waals surface area contributed by atoms with E-state index in [4.69, 9.17) is 27.9 Å². The zero-order valence-electron chi connectivity index (χ0n) is 15.1. The highest BCUT2D eigenvalue weighted by atomic mass is 35.5. The van der Waals surface area contributed by atoms with Crippen molar-refractivity contribution in [3.63, 3.8) is 0 Å². The monoisotopic (exact) mass is 458 g/mol. The van der Waals surface area contributed by atoms with Crippen molar-refractivity contribution in [2.45, 2.75) is 36.2 Å². The molecule has 2 bridgehead atoms. The van der Waals surface area contributed by atoms with Gasteiger partial charge >= 0.3 is 0 Å². The molecule has 1 aromatic heterocycles. The van der Waals surface area contributed by atoms with E-state index in [1.807, 2.05) is 0 Å². The van der Waals surface area contributed by atoms with E-state index in [2.05, 4.69) is 9.71 Å². The third-order valence-corrected chi connectivity index (χ3v) is 7.35. The van der Waals surface area contributed by atoms with Gasteiger partial charge in [0.05, 0.1) is 10.0 Å². The molecule has 10 heteroatoms. The smallest absolute Gasteiger partial charge is 0.258 e. The Labute approximate surface area is 177 Å². The molecule has 1 N–H and O–H groups in total. The van der Waals surface area contributed by atoms with E-state index < -0.39 is 21.4 Å². The number of sulfonamides is 1. The van der Waals surface area contributed by atoms with Crippen LogP contribution in [0.25, 0.3) is 0 Å². The van der Waals surface area contributed by atoms with Crippen molar-refractivity contribution in [1.29, 1.82) is 0 Å². The lowest BCUT2D eigenvalue weighted by Crippen LogP contribution is -2.74. The van der Waals surface area contributed by atoms with Crippen molar-refractivity contribution in [3.05, 3.63) is 52.4 Å². The maximum atomic E-state index is 13.4. The average Bonchev–Trinajstić information content (AvgIpc) is 2.60. The fourth-order valence-electron chi connectivity index (χ4n) is 4.35. The van der Waals surface area contributed by atoms with Gasteiger partial charge in [0.15, 0.2) is 10.8 Å². The maximum Gasteiger partial charge on any atom is 0.258 e. The van der Waals surface area contributed by atoms with Gasteiger partial charge in [0, 0.05) is 24.2 Å². The molecule has 3 aliphatic rings. The third-order valence-electron chi connectivity index (χ3n) is 5.33. The highest BCUT2D eigenvalue weighted by Crippen LogP contribution is 2.69. The Morgan fingerprint density at radius 2 is 1.93 bits per heavy atom. The maximum absolute atomic E-state index is 13.4. The first-order chi connectivity index (χ1) is 13.6. The molecular formula is C19H17Cl2FN2O4S. The molecule has 0 atom stereocenters. The Hall–Kier alpha value is -1.74. The summed E-state index contributed by atoms with van der Waals surface area (Å²) in [5.41, 5.74) is -0.706. The molecule has 2 aromatic rings. The Morgan fingerprint density at radius 1 is 1.21 bits per heavy atom. The number of nitrogens with one attached hydrogen (secondary N) is 1. The van der Waals surface area contributed by atoms with E-state index in [1.165, 1.54) is 30.5 Å². The molecule has 5 rings (SSSR count). The van der Waals surface area contributed by atoms with Crippen molar-refractivity contribution in [1.82, 2.24) is 9.71 Å². The Bertz CT molecular complexity index is 1060. The molecule has 154 valence electrons. The zero-order chi connectivity index (χ0) is 20.9. The summed E-state index contributed by atoms with van der Waals surface area (Å²) in [7, 11) is -3.74. The number of nitrogens with zero attached hydrogens (tertiary/aromatic N) is 1. The molecule has 3 fully saturated rings. The number of halogens is 3. The van der Waals surface area contributed by atoms with E-state index in [9.17, 15) is 17.6 Å². The van der Waals surface area contributed by atoms with Crippen LogP contribution in [0.3, 0.4) is 0 Å². The van der Waals surface area contributed by atoms with Gasteiger partial charge in [-0.2, -0.15) is 0 Å². The molecule has 1 aromatic carbocycles. The first-order valence-electron chi connectivity index (χ1n) is 8.86. The van der Waals surface area contributed by atoms with Gasteiger partial charge in [-0.05, 0) is 48.9 Å². The quantitative estimate of drug-likeness (QED) is 0.650. The van der Waals surface area contributed by atoms with Crippen LogP contribution in [-0.2, 0) is 14.8 Å². The van der Waals surface area contributed by atoms with Gasteiger partial charge in [0.2, 0.25) is 0 Å². The van der Waals surface area contributed by atoms with Crippen molar-refractivity contribution < 1.29 is 22.3 Å². The van der Waals surface area contributed by atoms with Crippen LogP contribution >= 0.6 is 23.2 Å². The van der Waals surface area contributed by atoms with Crippen LogP contribution in [0.5, 0.6) is 5.75 Å². The first-order valence-corrected chi connectivity index (χ1v) is 11.1. The summed E-state index contributed by atoms with van der Waals surface area (Å²) in [5.74, 6) is -0.492. The number of benzene rings is 1. The van der Waals surface area contributed by atoms with Gasteiger partial charge in [-0.15, -0.1) is 0 Å². The largest absolute Gasteiger partial charge is 0.486 e. The summed E-state index contributed by atoms with van der Waals surface area (Å²) in [6.45, 7) is -0.170. The molecule has 29 heavy (non-hydrogen) atoms. The van der Waals surface area contributed by atoms with E-state index >= 15 is 0 Å². The lowest BCUT2D eigenvalue weighted by Gasteiger charge is -2.70. The van der Waals surface area contributed by atoms with Crippen molar-refractivity contribution in [2.75, 3.05) is 6.61 Å². The molecular weight excluding hydrogens is 442 g/mol. The SMILES string of the molecule is O=C(COc1ccc(Cl)c(F)c1)CC12CC(NS(=O)(=O)c3ccc(Cl)cn3)(C1)C2. The molecule has 0 amide bonds. The molecule has 0 unspecified atom stereocenters. The van der Waals surface area contributed by atoms with Gasteiger partial charge in [0.25, 0.3) is 10.0 Å². The Kier molecular flexibility index (Phi) is 5.09. The van der Waals surface area contributed by atoms with E-state index in [0.29, 0.717) is 30.7 Å². The van der Waals surface area contributed by atoms with Gasteiger partial charge in [-0.3, -0.25) is 4.79 Å². The molecule has 0 aliphatic heterocycles. The number of ketones is 1. The van der Waals surface area contributed by atoms with Crippen molar-refractivity contribution in [3.8, 4) is 5.75 Å². The number of carbonyl (C=O) groups excluding carboxylic acids is 1. The number of Topliss-reactive ketones (excluding diaryl/α,β-unsaturated/α-hetero) is 1. The molecule has 0 radical (unpaired) electrons. The number of carbonyl (C=O) groups is 1. The first kappa shape index (κ1) is 20.5. The second-order valence-electron chi connectivity index (χ2n) is 7.81. The minimum atomic E-state index is -3.74. The predicted octanol–water partition coefficient (Wildman–Crippen LogP) is 3.77. The normalized spacial score (nSPS) is 25.1. The van der Waals surface area contributed by atoms with Crippen molar-refractivity contribution in [2.24, 2.45) is 5.41 Å². The number of aromatic nitrogens is 1. The number of rotatable bonds is 8. The summed E-state index contributed by atoms with van der Waals surface area (Å²) >= 11 is 11.4. The minimum absolute atomic E-state index is 0.0147. The van der Waals surface area contributed by atoms with Gasteiger partial charge in [-0.25, -0.2) is 22.5 Å². The number of ether oxygens (including phenoxy) is 1. The molecule has 1 heterocycles. The van der Waals surface area contributed by atoms with Gasteiger partial charge in [0.1, 0.15) is 18.2 Å². The fourth-order valence-corrected chi connectivity index (χ4v) is 5.91. The molecule has 3 aliphatic carbocycles. The van der Waals surface area contributed by atoms with Crippen LogP contribution < -0.4 is 9.46 Å². The minimum Gasteiger partial charge on any atom is -0.486 e. The number of pyridine rings is 1. The zero-order valence-corrected chi connectivity index (χ0v) is 17.5. The molecule has 0 spiro atoms. The third kappa shape index (κ3) is 4.12. The topological polar surface area (TPSA) is 85.4 Å². The van der Waals surface area contributed by atoms with Crippen LogP contribution in [0, 0.1) is 11.2 Å². The van der Waals surface area contributed by atoms with Crippen molar-refractivity contribution >= 4 is 39.0 Å². The van der Waals surface area contributed by atoms with Crippen LogP contribution in [0.15, 0.2) is 41.6 Å². The van der Waals surface area contributed by atoms with Crippen LogP contribution in [0.4, 0.5) is 4.39 Å². The van der Waals surface area contributed by atoms with Gasteiger partial charge in [-0.1, -0.05) is 23.2 Å². The van der Waals surface area contributed by atoms with E-state index in [0.717, 1.165) is 6.07 Å². The highest BCUT2D eigenvalue weighted by Gasteiger charge is 2.69. The summed E-state index contributed by atoms with van der Waals surface area (Å²) in [5, 5.41) is 0.259. The van der Waals surface area contributed by atoms with Crippen LogP contribution in [0.2, 0.25) is 10.0 Å². The number of hydrogen-bond donors (Lipinski definition) is 1. The van der Waals surface area contributed by atoms with E-state index in [1.54, 1.807) is 0 Å². The van der Waals surface area contributed by atoms with Gasteiger partial charge < -0.3 is 4.74 Å². The summed E-state index contributed by atoms with van der Waals surface area (Å²) in [4.78, 5) is 16.1. The second-order valence-corrected chi connectivity index (χ2v) is 10.3. The average molecular weight is 459 g/mol. The fraction of sp³-hybridized carbons (Fsp3) is 0.368.